The molecule has 1 aliphatic heterocycles. The largest absolute Gasteiger partial charge is 0.497 e. The van der Waals surface area contributed by atoms with Gasteiger partial charge in [0.25, 0.3) is 0 Å². The van der Waals surface area contributed by atoms with Gasteiger partial charge in [-0.15, -0.1) is 0 Å². The van der Waals surface area contributed by atoms with Gasteiger partial charge in [0.05, 0.1) is 14.2 Å². The number of carbonyl (C=O) groups excluding carboxylic acids is 1. The van der Waals surface area contributed by atoms with Crippen LogP contribution in [-0.2, 0) is 4.79 Å². The third-order valence-electron chi connectivity index (χ3n) is 3.66. The molecule has 0 atom stereocenters. The van der Waals surface area contributed by atoms with Gasteiger partial charge in [0.15, 0.2) is 0 Å². The minimum atomic E-state index is 0.0426. The zero-order valence-corrected chi connectivity index (χ0v) is 12.8. The summed E-state index contributed by atoms with van der Waals surface area (Å²) in [5, 5.41) is 0. The maximum atomic E-state index is 12.2. The van der Waals surface area contributed by atoms with Crippen molar-refractivity contribution in [1.29, 1.82) is 0 Å². The van der Waals surface area contributed by atoms with Crippen LogP contribution in [0.3, 0.4) is 0 Å². The smallest absolute Gasteiger partial charge is 0.246 e. The SMILES string of the molecule is COc1ccc(C=CC(=O)N2CCN(C)CC2)c(OC)c1. The molecule has 0 aliphatic carbocycles. The maximum absolute atomic E-state index is 12.2. The lowest BCUT2D eigenvalue weighted by Crippen LogP contribution is -2.46. The number of amides is 1. The maximum Gasteiger partial charge on any atom is 0.246 e. The highest BCUT2D eigenvalue weighted by atomic mass is 16.5. The van der Waals surface area contributed by atoms with Crippen LogP contribution in [0.25, 0.3) is 6.08 Å². The molecule has 1 fully saturated rings. The van der Waals surface area contributed by atoms with Crippen molar-refractivity contribution >= 4 is 12.0 Å². The first kappa shape index (κ1) is 15.4. The molecule has 21 heavy (non-hydrogen) atoms. The summed E-state index contributed by atoms with van der Waals surface area (Å²) < 4.78 is 10.5. The molecular weight excluding hydrogens is 268 g/mol. The van der Waals surface area contributed by atoms with Crippen LogP contribution in [0, 0.1) is 0 Å². The molecule has 5 nitrogen and oxygen atoms in total. The van der Waals surface area contributed by atoms with Crippen molar-refractivity contribution in [3.05, 3.63) is 29.8 Å². The first-order valence-corrected chi connectivity index (χ1v) is 7.01. The summed E-state index contributed by atoms with van der Waals surface area (Å²) in [4.78, 5) is 16.2. The van der Waals surface area contributed by atoms with Crippen molar-refractivity contribution < 1.29 is 14.3 Å². The first-order valence-electron chi connectivity index (χ1n) is 7.01. The number of likely N-dealkylation sites (N-methyl/N-ethyl adjacent to an activating group) is 1. The average molecular weight is 290 g/mol. The summed E-state index contributed by atoms with van der Waals surface area (Å²) in [7, 11) is 5.29. The van der Waals surface area contributed by atoms with Crippen molar-refractivity contribution in [1.82, 2.24) is 9.80 Å². The molecule has 0 aromatic heterocycles. The van der Waals surface area contributed by atoms with E-state index in [0.29, 0.717) is 5.75 Å². The molecule has 5 heteroatoms. The van der Waals surface area contributed by atoms with E-state index in [2.05, 4.69) is 11.9 Å². The first-order chi connectivity index (χ1) is 10.1. The zero-order valence-electron chi connectivity index (χ0n) is 12.8. The summed E-state index contributed by atoms with van der Waals surface area (Å²) in [5.74, 6) is 1.46. The summed E-state index contributed by atoms with van der Waals surface area (Å²) in [6.07, 6.45) is 3.40. The highest BCUT2D eigenvalue weighted by Crippen LogP contribution is 2.25. The van der Waals surface area contributed by atoms with Crippen LogP contribution in [0.1, 0.15) is 5.56 Å². The lowest BCUT2D eigenvalue weighted by molar-refractivity contribution is -0.127. The topological polar surface area (TPSA) is 42.0 Å². The Morgan fingerprint density at radius 3 is 2.48 bits per heavy atom. The van der Waals surface area contributed by atoms with E-state index in [4.69, 9.17) is 9.47 Å². The zero-order chi connectivity index (χ0) is 15.2. The Kier molecular flexibility index (Phi) is 5.22. The third kappa shape index (κ3) is 3.98. The molecule has 0 spiro atoms. The number of hydrogen-bond donors (Lipinski definition) is 0. The monoisotopic (exact) mass is 290 g/mol. The van der Waals surface area contributed by atoms with E-state index in [0.717, 1.165) is 37.5 Å². The van der Waals surface area contributed by atoms with E-state index < -0.39 is 0 Å². The van der Waals surface area contributed by atoms with Gasteiger partial charge in [-0.25, -0.2) is 0 Å². The predicted molar refractivity (Wildman–Crippen MR) is 82.7 cm³/mol. The Morgan fingerprint density at radius 2 is 1.86 bits per heavy atom. The Morgan fingerprint density at radius 1 is 1.14 bits per heavy atom. The van der Waals surface area contributed by atoms with Crippen LogP contribution >= 0.6 is 0 Å². The van der Waals surface area contributed by atoms with Crippen LogP contribution in [0.4, 0.5) is 0 Å². The van der Waals surface area contributed by atoms with Gasteiger partial charge in [0.1, 0.15) is 11.5 Å². The fourth-order valence-electron chi connectivity index (χ4n) is 2.25. The van der Waals surface area contributed by atoms with Gasteiger partial charge < -0.3 is 19.3 Å². The van der Waals surface area contributed by atoms with E-state index >= 15 is 0 Å². The molecule has 1 saturated heterocycles. The van der Waals surface area contributed by atoms with Crippen LogP contribution < -0.4 is 9.47 Å². The summed E-state index contributed by atoms with van der Waals surface area (Å²) in [6, 6.07) is 5.54. The number of nitrogens with zero attached hydrogens (tertiary/aromatic N) is 2. The fraction of sp³-hybridized carbons (Fsp3) is 0.438. The van der Waals surface area contributed by atoms with E-state index in [-0.39, 0.29) is 5.91 Å². The van der Waals surface area contributed by atoms with E-state index in [1.807, 2.05) is 17.0 Å². The van der Waals surface area contributed by atoms with Gasteiger partial charge in [-0.3, -0.25) is 4.79 Å². The molecule has 0 bridgehead atoms. The molecule has 0 unspecified atom stereocenters. The Labute approximate surface area is 125 Å². The minimum Gasteiger partial charge on any atom is -0.497 e. The van der Waals surface area contributed by atoms with Gasteiger partial charge in [0.2, 0.25) is 5.91 Å². The van der Waals surface area contributed by atoms with E-state index in [1.165, 1.54) is 0 Å². The molecule has 0 radical (unpaired) electrons. The summed E-state index contributed by atoms with van der Waals surface area (Å²) in [5.41, 5.74) is 0.862. The van der Waals surface area contributed by atoms with Gasteiger partial charge in [-0.1, -0.05) is 0 Å². The van der Waals surface area contributed by atoms with Gasteiger partial charge in [-0.05, 0) is 25.3 Å². The van der Waals surface area contributed by atoms with Gasteiger partial charge >= 0.3 is 0 Å². The second-order valence-electron chi connectivity index (χ2n) is 5.07. The summed E-state index contributed by atoms with van der Waals surface area (Å²) in [6.45, 7) is 3.40. The minimum absolute atomic E-state index is 0.0426. The molecular formula is C16H22N2O3. The van der Waals surface area contributed by atoms with Crippen molar-refractivity contribution in [2.45, 2.75) is 0 Å². The predicted octanol–water partition coefficient (Wildman–Crippen LogP) is 1.49. The standard InChI is InChI=1S/C16H22N2O3/c1-17-8-10-18(11-9-17)16(19)7-5-13-4-6-14(20-2)12-15(13)21-3/h4-7,12H,8-11H2,1-3H3. The van der Waals surface area contributed by atoms with Gasteiger partial charge in [0, 0.05) is 43.9 Å². The number of hydrogen-bond acceptors (Lipinski definition) is 4. The molecule has 2 rings (SSSR count). The number of methoxy groups -OCH3 is 2. The number of piperazine rings is 1. The lowest BCUT2D eigenvalue weighted by Gasteiger charge is -2.31. The molecule has 1 aromatic rings. The Hall–Kier alpha value is -2.01. The van der Waals surface area contributed by atoms with Gasteiger partial charge in [-0.2, -0.15) is 0 Å². The molecule has 114 valence electrons. The second kappa shape index (κ2) is 7.13. The summed E-state index contributed by atoms with van der Waals surface area (Å²) >= 11 is 0. The highest BCUT2D eigenvalue weighted by molar-refractivity contribution is 5.92. The molecule has 0 N–H and O–H groups in total. The Balaban J connectivity index is 2.05. The second-order valence-corrected chi connectivity index (χ2v) is 5.07. The number of benzene rings is 1. The number of ether oxygens (including phenoxy) is 2. The normalized spacial score (nSPS) is 16.2. The Bertz CT molecular complexity index is 520. The highest BCUT2D eigenvalue weighted by Gasteiger charge is 2.16. The molecule has 1 heterocycles. The number of carbonyl (C=O) groups is 1. The fourth-order valence-corrected chi connectivity index (χ4v) is 2.25. The lowest BCUT2D eigenvalue weighted by atomic mass is 10.1. The van der Waals surface area contributed by atoms with E-state index in [9.17, 15) is 4.79 Å². The van der Waals surface area contributed by atoms with Crippen molar-refractivity contribution in [3.8, 4) is 11.5 Å². The molecule has 1 aliphatic rings. The van der Waals surface area contributed by atoms with Crippen molar-refractivity contribution in [2.24, 2.45) is 0 Å². The molecule has 1 amide bonds. The van der Waals surface area contributed by atoms with Crippen LogP contribution in [0.2, 0.25) is 0 Å². The average Bonchev–Trinajstić information content (AvgIpc) is 2.53. The van der Waals surface area contributed by atoms with Crippen LogP contribution in [-0.4, -0.2) is 63.2 Å². The number of rotatable bonds is 4. The third-order valence-corrected chi connectivity index (χ3v) is 3.66. The van der Waals surface area contributed by atoms with Crippen LogP contribution in [0.5, 0.6) is 11.5 Å². The molecule has 0 saturated carbocycles. The van der Waals surface area contributed by atoms with Crippen molar-refractivity contribution in [3.63, 3.8) is 0 Å². The molecule has 1 aromatic carbocycles. The van der Waals surface area contributed by atoms with E-state index in [1.54, 1.807) is 32.4 Å². The van der Waals surface area contributed by atoms with Crippen molar-refractivity contribution in [2.75, 3.05) is 47.4 Å². The quantitative estimate of drug-likeness (QED) is 0.788. The van der Waals surface area contributed by atoms with Crippen LogP contribution in [0.15, 0.2) is 24.3 Å².